The first-order valence-electron chi connectivity index (χ1n) is 5.26. The van der Waals surface area contributed by atoms with Crippen molar-refractivity contribution in [2.24, 2.45) is 0 Å². The Morgan fingerprint density at radius 2 is 1.80 bits per heavy atom. The van der Waals surface area contributed by atoms with Gasteiger partial charge in [0.05, 0.1) is 15.2 Å². The molecular formula is C13H17NS. The zero-order valence-electron chi connectivity index (χ0n) is 10.0. The maximum absolute atomic E-state index is 4.74. The van der Waals surface area contributed by atoms with Crippen molar-refractivity contribution in [2.45, 2.75) is 40.0 Å². The molecule has 0 bridgehead atoms. The zero-order valence-corrected chi connectivity index (χ0v) is 10.8. The fourth-order valence-corrected chi connectivity index (χ4v) is 2.89. The topological polar surface area (TPSA) is 12.9 Å². The molecule has 1 aromatic heterocycles. The number of benzene rings is 1. The Kier molecular flexibility index (Phi) is 2.34. The summed E-state index contributed by atoms with van der Waals surface area (Å²) in [6.45, 7) is 10.9. The molecule has 0 atom stereocenters. The van der Waals surface area contributed by atoms with Gasteiger partial charge in [-0.3, -0.25) is 0 Å². The number of aryl methyl sites for hydroxylation is 2. The van der Waals surface area contributed by atoms with Gasteiger partial charge in [-0.05, 0) is 31.0 Å². The Labute approximate surface area is 95.2 Å². The number of hydrogen-bond donors (Lipinski definition) is 0. The molecule has 0 saturated heterocycles. The Morgan fingerprint density at radius 3 is 2.40 bits per heavy atom. The summed E-state index contributed by atoms with van der Waals surface area (Å²) in [5.41, 5.74) is 3.95. The summed E-state index contributed by atoms with van der Waals surface area (Å²) in [5, 5.41) is 1.23. The highest BCUT2D eigenvalue weighted by Crippen LogP contribution is 2.32. The van der Waals surface area contributed by atoms with Gasteiger partial charge in [-0.2, -0.15) is 0 Å². The van der Waals surface area contributed by atoms with E-state index in [9.17, 15) is 0 Å². The standard InChI is InChI=1S/C13H17NS/c1-8-6-9(2)11-10(7-8)15-12(14-11)13(3,4)5/h6-7H,1-5H3. The molecule has 0 unspecified atom stereocenters. The molecule has 15 heavy (non-hydrogen) atoms. The summed E-state index contributed by atoms with van der Waals surface area (Å²) in [7, 11) is 0. The van der Waals surface area contributed by atoms with E-state index in [2.05, 4.69) is 46.8 Å². The van der Waals surface area contributed by atoms with Crippen molar-refractivity contribution >= 4 is 21.6 Å². The lowest BCUT2D eigenvalue weighted by atomic mass is 9.98. The molecule has 1 nitrogen and oxygen atoms in total. The molecule has 2 aromatic rings. The van der Waals surface area contributed by atoms with E-state index in [4.69, 9.17) is 4.98 Å². The number of rotatable bonds is 0. The van der Waals surface area contributed by atoms with Crippen molar-refractivity contribution in [3.63, 3.8) is 0 Å². The number of nitrogens with zero attached hydrogens (tertiary/aromatic N) is 1. The zero-order chi connectivity index (χ0) is 11.2. The van der Waals surface area contributed by atoms with Crippen LogP contribution in [0.4, 0.5) is 0 Å². The van der Waals surface area contributed by atoms with Crippen LogP contribution in [0.25, 0.3) is 10.2 Å². The predicted molar refractivity (Wildman–Crippen MR) is 67.8 cm³/mol. The van der Waals surface area contributed by atoms with Crippen LogP contribution in [-0.4, -0.2) is 4.98 Å². The number of aromatic nitrogens is 1. The van der Waals surface area contributed by atoms with Crippen LogP contribution < -0.4 is 0 Å². The van der Waals surface area contributed by atoms with Crippen LogP contribution in [-0.2, 0) is 5.41 Å². The fraction of sp³-hybridized carbons (Fsp3) is 0.462. The van der Waals surface area contributed by atoms with E-state index in [0.717, 1.165) is 0 Å². The van der Waals surface area contributed by atoms with Gasteiger partial charge in [0.15, 0.2) is 0 Å². The fourth-order valence-electron chi connectivity index (χ4n) is 1.69. The molecule has 2 rings (SSSR count). The predicted octanol–water partition coefficient (Wildman–Crippen LogP) is 4.21. The Balaban J connectivity index is 2.71. The second-order valence-corrected chi connectivity index (χ2v) is 6.23. The first kappa shape index (κ1) is 10.6. The number of thiazole rings is 1. The average Bonchev–Trinajstić information content (AvgIpc) is 2.46. The van der Waals surface area contributed by atoms with Crippen LogP contribution in [0.5, 0.6) is 0 Å². The smallest absolute Gasteiger partial charge is 0.0992 e. The first-order valence-corrected chi connectivity index (χ1v) is 6.08. The summed E-state index contributed by atoms with van der Waals surface area (Å²) >= 11 is 1.82. The highest BCUT2D eigenvalue weighted by Gasteiger charge is 2.19. The maximum Gasteiger partial charge on any atom is 0.0992 e. The SMILES string of the molecule is Cc1cc(C)c2nc(C(C)(C)C)sc2c1. The van der Waals surface area contributed by atoms with Gasteiger partial charge >= 0.3 is 0 Å². The van der Waals surface area contributed by atoms with Crippen LogP contribution in [0.1, 0.15) is 36.9 Å². The monoisotopic (exact) mass is 219 g/mol. The molecule has 0 radical (unpaired) electrons. The first-order chi connectivity index (χ1) is 6.88. The van der Waals surface area contributed by atoms with Gasteiger partial charge < -0.3 is 0 Å². The third-order valence-electron chi connectivity index (χ3n) is 2.47. The molecule has 0 amide bonds. The second-order valence-electron chi connectivity index (χ2n) is 5.20. The summed E-state index contributed by atoms with van der Waals surface area (Å²) in [5.74, 6) is 0. The highest BCUT2D eigenvalue weighted by atomic mass is 32.1. The molecule has 0 aliphatic heterocycles. The maximum atomic E-state index is 4.74. The lowest BCUT2D eigenvalue weighted by molar-refractivity contribution is 0.587. The molecule has 0 aliphatic rings. The summed E-state index contributed by atoms with van der Waals surface area (Å²) in [6, 6.07) is 4.43. The van der Waals surface area contributed by atoms with E-state index in [1.807, 2.05) is 11.3 Å². The minimum absolute atomic E-state index is 0.157. The molecular weight excluding hydrogens is 202 g/mol. The minimum Gasteiger partial charge on any atom is -0.240 e. The van der Waals surface area contributed by atoms with Crippen molar-refractivity contribution in [1.29, 1.82) is 0 Å². The molecule has 2 heteroatoms. The van der Waals surface area contributed by atoms with Gasteiger partial charge in [0.2, 0.25) is 0 Å². The van der Waals surface area contributed by atoms with Gasteiger partial charge in [0, 0.05) is 5.41 Å². The van der Waals surface area contributed by atoms with Crippen molar-refractivity contribution in [2.75, 3.05) is 0 Å². The molecule has 1 aromatic carbocycles. The number of fused-ring (bicyclic) bond motifs is 1. The lowest BCUT2D eigenvalue weighted by Gasteiger charge is -2.13. The average molecular weight is 219 g/mol. The van der Waals surface area contributed by atoms with E-state index in [1.165, 1.54) is 26.4 Å². The second kappa shape index (κ2) is 3.31. The summed E-state index contributed by atoms with van der Waals surface area (Å²) in [6.07, 6.45) is 0. The summed E-state index contributed by atoms with van der Waals surface area (Å²) < 4.78 is 1.32. The van der Waals surface area contributed by atoms with E-state index < -0.39 is 0 Å². The molecule has 0 N–H and O–H groups in total. The summed E-state index contributed by atoms with van der Waals surface area (Å²) in [4.78, 5) is 4.74. The largest absolute Gasteiger partial charge is 0.240 e. The van der Waals surface area contributed by atoms with Crippen LogP contribution >= 0.6 is 11.3 Å². The highest BCUT2D eigenvalue weighted by molar-refractivity contribution is 7.18. The van der Waals surface area contributed by atoms with Crippen molar-refractivity contribution in [3.8, 4) is 0 Å². The van der Waals surface area contributed by atoms with Crippen LogP contribution in [0.3, 0.4) is 0 Å². The van der Waals surface area contributed by atoms with Crippen LogP contribution in [0.2, 0.25) is 0 Å². The Morgan fingerprint density at radius 1 is 1.13 bits per heavy atom. The molecule has 1 heterocycles. The van der Waals surface area contributed by atoms with Crippen molar-refractivity contribution in [3.05, 3.63) is 28.3 Å². The van der Waals surface area contributed by atoms with Gasteiger partial charge in [-0.1, -0.05) is 26.8 Å². The van der Waals surface area contributed by atoms with Crippen LogP contribution in [0.15, 0.2) is 12.1 Å². The number of hydrogen-bond acceptors (Lipinski definition) is 2. The third-order valence-corrected chi connectivity index (χ3v) is 3.90. The van der Waals surface area contributed by atoms with Crippen LogP contribution in [0, 0.1) is 13.8 Å². The molecule has 0 saturated carbocycles. The van der Waals surface area contributed by atoms with E-state index >= 15 is 0 Å². The van der Waals surface area contributed by atoms with E-state index in [-0.39, 0.29) is 5.41 Å². The van der Waals surface area contributed by atoms with Gasteiger partial charge in [0.25, 0.3) is 0 Å². The normalized spacial score (nSPS) is 12.3. The van der Waals surface area contributed by atoms with E-state index in [1.54, 1.807) is 0 Å². The van der Waals surface area contributed by atoms with E-state index in [0.29, 0.717) is 0 Å². The molecule has 0 aliphatic carbocycles. The lowest BCUT2D eigenvalue weighted by Crippen LogP contribution is -2.09. The minimum atomic E-state index is 0.157. The quantitative estimate of drug-likeness (QED) is 0.646. The third kappa shape index (κ3) is 1.91. The Bertz CT molecular complexity index is 503. The molecule has 0 spiro atoms. The van der Waals surface area contributed by atoms with Crippen molar-refractivity contribution in [1.82, 2.24) is 4.98 Å². The van der Waals surface area contributed by atoms with Gasteiger partial charge in [-0.25, -0.2) is 4.98 Å². The molecule has 80 valence electrons. The Hall–Kier alpha value is -0.890. The van der Waals surface area contributed by atoms with Crippen molar-refractivity contribution < 1.29 is 0 Å². The van der Waals surface area contributed by atoms with Gasteiger partial charge in [0.1, 0.15) is 0 Å². The molecule has 0 fully saturated rings. The van der Waals surface area contributed by atoms with Gasteiger partial charge in [-0.15, -0.1) is 11.3 Å².